The molecule has 1 aromatic carbocycles. The summed E-state index contributed by atoms with van der Waals surface area (Å²) in [5, 5.41) is 0. The van der Waals surface area contributed by atoms with E-state index in [0.717, 1.165) is 18.7 Å². The second-order valence-electron chi connectivity index (χ2n) is 5.89. The number of rotatable bonds is 4. The highest BCUT2D eigenvalue weighted by atomic mass is 127. The van der Waals surface area contributed by atoms with Crippen molar-refractivity contribution in [3.05, 3.63) is 35.1 Å². The summed E-state index contributed by atoms with van der Waals surface area (Å²) >= 11 is 0. The molecule has 0 atom stereocenters. The lowest BCUT2D eigenvalue weighted by atomic mass is 10.1. The number of halogens is 2. The van der Waals surface area contributed by atoms with Crippen molar-refractivity contribution in [2.75, 3.05) is 27.2 Å². The molecule has 0 bridgehead atoms. The first-order valence-corrected chi connectivity index (χ1v) is 7.53. The third kappa shape index (κ3) is 5.72. The molecule has 0 saturated carbocycles. The van der Waals surface area contributed by atoms with Gasteiger partial charge in [0.1, 0.15) is 5.82 Å². The van der Waals surface area contributed by atoms with Gasteiger partial charge in [0.2, 0.25) is 0 Å². The highest BCUT2D eigenvalue weighted by Gasteiger charge is 2.11. The Bertz CT molecular complexity index is 499. The molecule has 1 aliphatic rings. The third-order valence-corrected chi connectivity index (χ3v) is 3.70. The molecule has 0 aliphatic carbocycles. The van der Waals surface area contributed by atoms with E-state index in [2.05, 4.69) is 9.89 Å². The van der Waals surface area contributed by atoms with Gasteiger partial charge in [0, 0.05) is 25.2 Å². The van der Waals surface area contributed by atoms with E-state index >= 15 is 0 Å². The van der Waals surface area contributed by atoms with Gasteiger partial charge in [0.25, 0.3) is 0 Å². The maximum absolute atomic E-state index is 13.7. The van der Waals surface area contributed by atoms with Crippen LogP contribution in [0.4, 0.5) is 4.39 Å². The van der Waals surface area contributed by atoms with E-state index in [-0.39, 0.29) is 29.8 Å². The lowest BCUT2D eigenvalue weighted by Crippen LogP contribution is -2.40. The number of guanidine groups is 1. The number of piperidine rings is 1. The van der Waals surface area contributed by atoms with E-state index in [4.69, 9.17) is 5.73 Å². The topological polar surface area (TPSA) is 44.9 Å². The zero-order valence-electron chi connectivity index (χ0n) is 13.4. The van der Waals surface area contributed by atoms with Crippen molar-refractivity contribution < 1.29 is 4.39 Å². The monoisotopic (exact) mass is 420 g/mol. The fourth-order valence-corrected chi connectivity index (χ4v) is 2.58. The molecule has 22 heavy (non-hydrogen) atoms. The molecule has 124 valence electrons. The summed E-state index contributed by atoms with van der Waals surface area (Å²) in [6.07, 6.45) is 3.63. The fourth-order valence-electron chi connectivity index (χ4n) is 2.58. The van der Waals surface area contributed by atoms with E-state index in [0.29, 0.717) is 24.6 Å². The largest absolute Gasteiger partial charge is 0.370 e. The minimum atomic E-state index is -0.166. The van der Waals surface area contributed by atoms with Crippen LogP contribution in [0.5, 0.6) is 0 Å². The number of benzene rings is 1. The number of aliphatic imine (C=N–C) groups is 1. The maximum Gasteiger partial charge on any atom is 0.191 e. The molecule has 1 aromatic rings. The first-order chi connectivity index (χ1) is 10.1. The minimum Gasteiger partial charge on any atom is -0.370 e. The van der Waals surface area contributed by atoms with E-state index < -0.39 is 0 Å². The Morgan fingerprint density at radius 3 is 2.59 bits per heavy atom. The summed E-state index contributed by atoms with van der Waals surface area (Å²) in [6.45, 7) is 3.07. The van der Waals surface area contributed by atoms with Gasteiger partial charge in [-0.05, 0) is 51.1 Å². The molecule has 0 amide bonds. The molecule has 4 nitrogen and oxygen atoms in total. The van der Waals surface area contributed by atoms with Gasteiger partial charge in [-0.2, -0.15) is 0 Å². The SMILES string of the molecule is CN(C)Cc1cc(CN=C(N)N2CCCCC2)ccc1F.I. The molecule has 1 saturated heterocycles. The number of nitrogens with two attached hydrogens (primary N) is 1. The van der Waals surface area contributed by atoms with Crippen LogP contribution in [0.3, 0.4) is 0 Å². The van der Waals surface area contributed by atoms with Crippen LogP contribution in [0.1, 0.15) is 30.4 Å². The first-order valence-electron chi connectivity index (χ1n) is 7.53. The predicted molar refractivity (Wildman–Crippen MR) is 100.0 cm³/mol. The summed E-state index contributed by atoms with van der Waals surface area (Å²) in [6, 6.07) is 5.17. The van der Waals surface area contributed by atoms with Gasteiger partial charge in [0.05, 0.1) is 6.54 Å². The Labute approximate surface area is 149 Å². The van der Waals surface area contributed by atoms with E-state index in [1.807, 2.05) is 25.1 Å². The molecule has 0 unspecified atom stereocenters. The van der Waals surface area contributed by atoms with Crippen LogP contribution in [0.2, 0.25) is 0 Å². The van der Waals surface area contributed by atoms with Gasteiger partial charge in [-0.1, -0.05) is 6.07 Å². The van der Waals surface area contributed by atoms with Gasteiger partial charge in [-0.25, -0.2) is 9.38 Å². The molecule has 1 aliphatic heterocycles. The molecule has 1 fully saturated rings. The number of likely N-dealkylation sites (tertiary alicyclic amines) is 1. The molecule has 2 rings (SSSR count). The average molecular weight is 420 g/mol. The Morgan fingerprint density at radius 2 is 1.95 bits per heavy atom. The van der Waals surface area contributed by atoms with Crippen LogP contribution < -0.4 is 5.73 Å². The van der Waals surface area contributed by atoms with Crippen LogP contribution in [0.25, 0.3) is 0 Å². The highest BCUT2D eigenvalue weighted by molar-refractivity contribution is 14.0. The Morgan fingerprint density at radius 1 is 1.27 bits per heavy atom. The van der Waals surface area contributed by atoms with Crippen molar-refractivity contribution in [2.45, 2.75) is 32.4 Å². The van der Waals surface area contributed by atoms with E-state index in [9.17, 15) is 4.39 Å². The van der Waals surface area contributed by atoms with Crippen LogP contribution in [-0.2, 0) is 13.1 Å². The molecule has 0 radical (unpaired) electrons. The van der Waals surface area contributed by atoms with Crippen LogP contribution >= 0.6 is 24.0 Å². The summed E-state index contributed by atoms with van der Waals surface area (Å²) in [5.74, 6) is 0.439. The zero-order valence-corrected chi connectivity index (χ0v) is 15.7. The van der Waals surface area contributed by atoms with Crippen molar-refractivity contribution in [3.63, 3.8) is 0 Å². The lowest BCUT2D eigenvalue weighted by Gasteiger charge is -2.27. The van der Waals surface area contributed by atoms with Crippen molar-refractivity contribution >= 4 is 29.9 Å². The second-order valence-corrected chi connectivity index (χ2v) is 5.89. The quantitative estimate of drug-likeness (QED) is 0.463. The lowest BCUT2D eigenvalue weighted by molar-refractivity contribution is 0.338. The Kier molecular flexibility index (Phi) is 8.09. The summed E-state index contributed by atoms with van der Waals surface area (Å²) < 4.78 is 13.7. The van der Waals surface area contributed by atoms with E-state index in [1.165, 1.54) is 25.3 Å². The van der Waals surface area contributed by atoms with Crippen LogP contribution in [0.15, 0.2) is 23.2 Å². The summed E-state index contributed by atoms with van der Waals surface area (Å²) in [4.78, 5) is 8.54. The third-order valence-electron chi connectivity index (χ3n) is 3.70. The Hall–Kier alpha value is -0.890. The second kappa shape index (κ2) is 9.29. The van der Waals surface area contributed by atoms with Crippen molar-refractivity contribution in [2.24, 2.45) is 10.7 Å². The molecule has 1 heterocycles. The highest BCUT2D eigenvalue weighted by Crippen LogP contribution is 2.14. The normalized spacial score (nSPS) is 15.8. The minimum absolute atomic E-state index is 0. The van der Waals surface area contributed by atoms with Gasteiger partial charge >= 0.3 is 0 Å². The smallest absolute Gasteiger partial charge is 0.191 e. The van der Waals surface area contributed by atoms with Gasteiger partial charge in [0.15, 0.2) is 5.96 Å². The number of hydrogen-bond donors (Lipinski definition) is 1. The van der Waals surface area contributed by atoms with Crippen molar-refractivity contribution in [1.82, 2.24) is 9.80 Å². The van der Waals surface area contributed by atoms with Crippen molar-refractivity contribution in [1.29, 1.82) is 0 Å². The van der Waals surface area contributed by atoms with Gasteiger partial charge < -0.3 is 15.5 Å². The standard InChI is InChI=1S/C16H25FN4.HI/c1-20(2)12-14-10-13(6-7-15(14)17)11-19-16(18)21-8-4-3-5-9-21;/h6-7,10H,3-5,8-9,11-12H2,1-2H3,(H2,18,19);1H. The zero-order chi connectivity index (χ0) is 15.2. The fraction of sp³-hybridized carbons (Fsp3) is 0.562. The summed E-state index contributed by atoms with van der Waals surface area (Å²) in [5.41, 5.74) is 7.73. The van der Waals surface area contributed by atoms with Crippen molar-refractivity contribution in [3.8, 4) is 0 Å². The number of nitrogens with zero attached hydrogens (tertiary/aromatic N) is 3. The van der Waals surface area contributed by atoms with Crippen LogP contribution in [-0.4, -0.2) is 42.9 Å². The maximum atomic E-state index is 13.7. The predicted octanol–water partition coefficient (Wildman–Crippen LogP) is 2.81. The Balaban J connectivity index is 0.00000242. The molecule has 0 spiro atoms. The molecule has 0 aromatic heterocycles. The molecule has 2 N–H and O–H groups in total. The molecular weight excluding hydrogens is 394 g/mol. The summed E-state index contributed by atoms with van der Waals surface area (Å²) in [7, 11) is 3.86. The first kappa shape index (κ1) is 19.2. The number of hydrogen-bond acceptors (Lipinski definition) is 2. The van der Waals surface area contributed by atoms with Gasteiger partial charge in [-0.3, -0.25) is 0 Å². The molecular formula is C16H26FIN4. The van der Waals surface area contributed by atoms with Crippen LogP contribution in [0, 0.1) is 5.82 Å². The van der Waals surface area contributed by atoms with Gasteiger partial charge in [-0.15, -0.1) is 24.0 Å². The van der Waals surface area contributed by atoms with E-state index in [1.54, 1.807) is 6.07 Å². The molecule has 6 heteroatoms. The average Bonchev–Trinajstić information content (AvgIpc) is 2.48.